The Morgan fingerprint density at radius 1 is 1.33 bits per heavy atom. The molecule has 3 N–H and O–H groups in total. The third-order valence-electron chi connectivity index (χ3n) is 1.74. The van der Waals surface area contributed by atoms with E-state index in [2.05, 4.69) is 6.58 Å². The van der Waals surface area contributed by atoms with E-state index in [1.54, 1.807) is 6.08 Å². The van der Waals surface area contributed by atoms with E-state index in [1.165, 1.54) is 6.08 Å². The minimum Gasteiger partial charge on any atom is -0.508 e. The van der Waals surface area contributed by atoms with Crippen LogP contribution in [-0.4, -0.2) is 5.11 Å². The molecule has 2 nitrogen and oxygen atoms in total. The Balaban J connectivity index is 0.000000921. The topological polar surface area (TPSA) is 46.2 Å². The third kappa shape index (κ3) is 5.03. The highest BCUT2D eigenvalue weighted by atomic mass is 16.3. The number of rotatable bonds is 3. The standard InChI is InChI=1S/C11H13NO.C2H6/c1-2-10(13)8-11(12)9-6-4-3-5-7-9;1-2/h2-8,11,13H,1,12H2;1-2H3/b10-8-;. The van der Waals surface area contributed by atoms with E-state index in [1.807, 2.05) is 44.2 Å². The summed E-state index contributed by atoms with van der Waals surface area (Å²) in [6.45, 7) is 7.43. The van der Waals surface area contributed by atoms with E-state index in [0.717, 1.165) is 5.56 Å². The van der Waals surface area contributed by atoms with Crippen LogP contribution in [0.2, 0.25) is 0 Å². The zero-order valence-electron chi connectivity index (χ0n) is 9.35. The highest BCUT2D eigenvalue weighted by Gasteiger charge is 2.01. The summed E-state index contributed by atoms with van der Waals surface area (Å²) in [5.74, 6) is 0.108. The lowest BCUT2D eigenvalue weighted by molar-refractivity contribution is 0.428. The second kappa shape index (κ2) is 7.83. The molecule has 15 heavy (non-hydrogen) atoms. The summed E-state index contributed by atoms with van der Waals surface area (Å²) in [4.78, 5) is 0. The molecule has 0 bridgehead atoms. The van der Waals surface area contributed by atoms with E-state index in [-0.39, 0.29) is 11.8 Å². The first-order valence-corrected chi connectivity index (χ1v) is 5.08. The van der Waals surface area contributed by atoms with Crippen molar-refractivity contribution in [1.29, 1.82) is 0 Å². The fourth-order valence-electron chi connectivity index (χ4n) is 1.02. The molecule has 1 rings (SSSR count). The lowest BCUT2D eigenvalue weighted by atomic mass is 10.1. The van der Waals surface area contributed by atoms with Crippen LogP contribution < -0.4 is 5.73 Å². The highest BCUT2D eigenvalue weighted by Crippen LogP contribution is 2.11. The number of hydrogen-bond donors (Lipinski definition) is 2. The monoisotopic (exact) mass is 205 g/mol. The Hall–Kier alpha value is -1.54. The van der Waals surface area contributed by atoms with Gasteiger partial charge in [-0.1, -0.05) is 50.8 Å². The molecule has 0 spiro atoms. The number of aliphatic hydroxyl groups is 1. The second-order valence-corrected chi connectivity index (χ2v) is 2.73. The van der Waals surface area contributed by atoms with Crippen LogP contribution in [0.1, 0.15) is 25.5 Å². The molecular formula is C13H19NO. The van der Waals surface area contributed by atoms with Gasteiger partial charge in [0.05, 0.1) is 6.04 Å². The average molecular weight is 205 g/mol. The molecule has 1 unspecified atom stereocenters. The Kier molecular flexibility index (Phi) is 7.02. The van der Waals surface area contributed by atoms with Gasteiger partial charge in [-0.25, -0.2) is 0 Å². The van der Waals surface area contributed by atoms with Gasteiger partial charge in [-0.05, 0) is 17.7 Å². The zero-order valence-corrected chi connectivity index (χ0v) is 9.35. The maximum absolute atomic E-state index is 9.15. The quantitative estimate of drug-likeness (QED) is 0.587. The fourth-order valence-corrected chi connectivity index (χ4v) is 1.02. The minimum atomic E-state index is -0.279. The highest BCUT2D eigenvalue weighted by molar-refractivity contribution is 5.24. The molecule has 0 aliphatic carbocycles. The number of hydrogen-bond acceptors (Lipinski definition) is 2. The van der Waals surface area contributed by atoms with Crippen molar-refractivity contribution in [2.24, 2.45) is 5.73 Å². The molecule has 0 amide bonds. The largest absolute Gasteiger partial charge is 0.508 e. The summed E-state index contributed by atoms with van der Waals surface area (Å²) in [5, 5.41) is 9.15. The molecule has 82 valence electrons. The molecule has 1 aromatic rings. The predicted octanol–water partition coefficient (Wildman–Crippen LogP) is 3.34. The summed E-state index contributed by atoms with van der Waals surface area (Å²) in [6.07, 6.45) is 2.92. The lowest BCUT2D eigenvalue weighted by Gasteiger charge is -2.06. The van der Waals surface area contributed by atoms with Crippen molar-refractivity contribution in [1.82, 2.24) is 0 Å². The first kappa shape index (κ1) is 13.5. The van der Waals surface area contributed by atoms with Gasteiger partial charge in [-0.3, -0.25) is 0 Å². The van der Waals surface area contributed by atoms with Crippen molar-refractivity contribution in [3.8, 4) is 0 Å². The third-order valence-corrected chi connectivity index (χ3v) is 1.74. The summed E-state index contributed by atoms with van der Waals surface area (Å²) < 4.78 is 0. The molecule has 0 fully saturated rings. The number of benzene rings is 1. The van der Waals surface area contributed by atoms with Gasteiger partial charge in [0.25, 0.3) is 0 Å². The Morgan fingerprint density at radius 2 is 1.87 bits per heavy atom. The summed E-state index contributed by atoms with van der Waals surface area (Å²) in [7, 11) is 0. The molecule has 0 radical (unpaired) electrons. The Bertz CT molecular complexity index is 304. The van der Waals surface area contributed by atoms with Gasteiger partial charge in [0.1, 0.15) is 5.76 Å². The molecule has 0 aliphatic heterocycles. The number of allylic oxidation sites excluding steroid dienone is 1. The van der Waals surface area contributed by atoms with Crippen LogP contribution in [0, 0.1) is 0 Å². The van der Waals surface area contributed by atoms with Crippen molar-refractivity contribution in [2.75, 3.05) is 0 Å². The SMILES string of the molecule is C=C/C(O)=C/C(N)c1ccccc1.CC. The van der Waals surface area contributed by atoms with Crippen molar-refractivity contribution < 1.29 is 5.11 Å². The van der Waals surface area contributed by atoms with E-state index >= 15 is 0 Å². The van der Waals surface area contributed by atoms with Crippen LogP contribution in [0.25, 0.3) is 0 Å². The Morgan fingerprint density at radius 3 is 2.33 bits per heavy atom. The van der Waals surface area contributed by atoms with Crippen molar-refractivity contribution in [3.05, 3.63) is 60.4 Å². The smallest absolute Gasteiger partial charge is 0.112 e. The van der Waals surface area contributed by atoms with Crippen LogP contribution in [0.3, 0.4) is 0 Å². The Labute approximate surface area is 91.7 Å². The van der Waals surface area contributed by atoms with Crippen LogP contribution in [-0.2, 0) is 0 Å². The number of nitrogens with two attached hydrogens (primary N) is 1. The molecule has 1 aromatic carbocycles. The van der Waals surface area contributed by atoms with Crippen molar-refractivity contribution in [2.45, 2.75) is 19.9 Å². The summed E-state index contributed by atoms with van der Waals surface area (Å²) in [5.41, 5.74) is 6.76. The van der Waals surface area contributed by atoms with E-state index in [4.69, 9.17) is 10.8 Å². The van der Waals surface area contributed by atoms with E-state index in [9.17, 15) is 0 Å². The van der Waals surface area contributed by atoms with Crippen molar-refractivity contribution >= 4 is 0 Å². The lowest BCUT2D eigenvalue weighted by Crippen LogP contribution is -2.07. The van der Waals surface area contributed by atoms with Crippen LogP contribution >= 0.6 is 0 Å². The van der Waals surface area contributed by atoms with Crippen LogP contribution in [0.15, 0.2) is 54.8 Å². The molecule has 1 atom stereocenters. The van der Waals surface area contributed by atoms with Crippen LogP contribution in [0.5, 0.6) is 0 Å². The average Bonchev–Trinajstić information content (AvgIpc) is 2.32. The maximum Gasteiger partial charge on any atom is 0.112 e. The number of aliphatic hydroxyl groups excluding tert-OH is 1. The molecule has 0 saturated heterocycles. The van der Waals surface area contributed by atoms with Gasteiger partial charge in [0.15, 0.2) is 0 Å². The maximum atomic E-state index is 9.15. The first-order chi connectivity index (χ1) is 7.24. The normalized spacial score (nSPS) is 12.3. The molecule has 0 saturated carbocycles. The zero-order chi connectivity index (χ0) is 11.7. The van der Waals surface area contributed by atoms with Gasteiger partial charge in [-0.15, -0.1) is 0 Å². The van der Waals surface area contributed by atoms with Gasteiger partial charge in [0.2, 0.25) is 0 Å². The first-order valence-electron chi connectivity index (χ1n) is 5.08. The van der Waals surface area contributed by atoms with E-state index in [0.29, 0.717) is 0 Å². The fraction of sp³-hybridized carbons (Fsp3) is 0.231. The van der Waals surface area contributed by atoms with Crippen LogP contribution in [0.4, 0.5) is 0 Å². The van der Waals surface area contributed by atoms with Gasteiger partial charge >= 0.3 is 0 Å². The molecular weight excluding hydrogens is 186 g/mol. The second-order valence-electron chi connectivity index (χ2n) is 2.73. The molecule has 0 aromatic heterocycles. The predicted molar refractivity (Wildman–Crippen MR) is 65.6 cm³/mol. The van der Waals surface area contributed by atoms with E-state index < -0.39 is 0 Å². The van der Waals surface area contributed by atoms with Crippen molar-refractivity contribution in [3.63, 3.8) is 0 Å². The summed E-state index contributed by atoms with van der Waals surface area (Å²) >= 11 is 0. The minimum absolute atomic E-state index is 0.108. The summed E-state index contributed by atoms with van der Waals surface area (Å²) in [6, 6.07) is 9.30. The molecule has 0 aliphatic rings. The van der Waals surface area contributed by atoms with Gasteiger partial charge in [0, 0.05) is 0 Å². The molecule has 2 heteroatoms. The van der Waals surface area contributed by atoms with Gasteiger partial charge in [-0.2, -0.15) is 0 Å². The molecule has 0 heterocycles. The van der Waals surface area contributed by atoms with Gasteiger partial charge < -0.3 is 10.8 Å².